The molecule has 0 aliphatic carbocycles. The molecule has 0 saturated heterocycles. The number of carbonyl (C=O) groups is 4. The Hall–Kier alpha value is -1.94. The molecule has 0 spiro atoms. The fourth-order valence-electron chi connectivity index (χ4n) is 9.66. The van der Waals surface area contributed by atoms with Gasteiger partial charge in [-0.3, -0.25) is 37.3 Å². The van der Waals surface area contributed by atoms with Crippen molar-refractivity contribution >= 4 is 39.5 Å². The van der Waals surface area contributed by atoms with Crippen LogP contribution in [0.15, 0.2) is 0 Å². The van der Waals surface area contributed by atoms with Crippen LogP contribution >= 0.6 is 15.6 Å². The quantitative estimate of drug-likeness (QED) is 0.0222. The fourth-order valence-corrected chi connectivity index (χ4v) is 11.2. The van der Waals surface area contributed by atoms with Crippen molar-refractivity contribution in [2.24, 2.45) is 17.8 Å². The zero-order valence-electron chi connectivity index (χ0n) is 54.4. The molecule has 5 atom stereocenters. The Morgan fingerprint density at radius 1 is 0.321 bits per heavy atom. The van der Waals surface area contributed by atoms with Gasteiger partial charge in [-0.1, -0.05) is 267 Å². The molecule has 0 aromatic heterocycles. The molecule has 0 radical (unpaired) electrons. The largest absolute Gasteiger partial charge is 0.472 e. The van der Waals surface area contributed by atoms with Crippen molar-refractivity contribution in [3.63, 3.8) is 0 Å². The average molecular weight is 1240 g/mol. The van der Waals surface area contributed by atoms with Crippen molar-refractivity contribution in [1.29, 1.82) is 0 Å². The highest BCUT2D eigenvalue weighted by Gasteiger charge is 2.30. The van der Waals surface area contributed by atoms with Crippen molar-refractivity contribution in [3.8, 4) is 0 Å². The Morgan fingerprint density at radius 3 is 0.810 bits per heavy atom. The van der Waals surface area contributed by atoms with Crippen LogP contribution in [-0.4, -0.2) is 96.7 Å². The van der Waals surface area contributed by atoms with Gasteiger partial charge >= 0.3 is 39.5 Å². The van der Waals surface area contributed by atoms with Crippen LogP contribution in [0.1, 0.15) is 318 Å². The zero-order valence-corrected chi connectivity index (χ0v) is 56.1. The molecule has 0 aromatic carbocycles. The second kappa shape index (κ2) is 56.3. The van der Waals surface area contributed by atoms with Gasteiger partial charge in [0.15, 0.2) is 12.2 Å². The van der Waals surface area contributed by atoms with Gasteiger partial charge in [0.1, 0.15) is 19.3 Å². The molecule has 0 heterocycles. The lowest BCUT2D eigenvalue weighted by atomic mass is 10.0. The normalized spacial score (nSPS) is 14.3. The molecule has 498 valence electrons. The standard InChI is InChI=1S/C65H126O17P2/c1-8-9-10-29-39-46-62(67)75-52-60(81-65(70)49-42-35-28-22-16-19-25-32-38-45-58(6)7)54-79-83(71,72)77-50-59(66)51-78-84(73,74)80-55-61(53-76-63(68)47-40-33-26-20-15-14-18-24-31-37-44-57(4)5)82-64(69)48-41-34-27-21-13-11-12-17-23-30-36-43-56(2)3/h56-61,66H,8-55H2,1-7H3,(H,71,72)(H,73,74)/t59-,60+,61+/m0/s1. The van der Waals surface area contributed by atoms with Crippen LogP contribution in [0, 0.1) is 17.8 Å². The predicted octanol–water partition coefficient (Wildman–Crippen LogP) is 17.9. The van der Waals surface area contributed by atoms with Crippen molar-refractivity contribution in [1.82, 2.24) is 0 Å². The van der Waals surface area contributed by atoms with E-state index in [9.17, 15) is 43.2 Å². The maximum Gasteiger partial charge on any atom is 0.472 e. The molecule has 3 N–H and O–H groups in total. The van der Waals surface area contributed by atoms with Gasteiger partial charge in [-0.15, -0.1) is 0 Å². The third-order valence-electron chi connectivity index (χ3n) is 14.9. The van der Waals surface area contributed by atoms with Crippen LogP contribution in [0.25, 0.3) is 0 Å². The molecule has 0 aromatic rings. The second-order valence-electron chi connectivity index (χ2n) is 24.9. The summed E-state index contributed by atoms with van der Waals surface area (Å²) in [7, 11) is -9.88. The summed E-state index contributed by atoms with van der Waals surface area (Å²) in [4.78, 5) is 72.1. The summed E-state index contributed by atoms with van der Waals surface area (Å²) in [6.07, 6.45) is 37.9. The van der Waals surface area contributed by atoms with Gasteiger partial charge in [-0.05, 0) is 43.4 Å². The molecule has 0 bridgehead atoms. The Balaban J connectivity index is 5.18. The monoisotopic (exact) mass is 1240 g/mol. The van der Waals surface area contributed by atoms with E-state index >= 15 is 0 Å². The third-order valence-corrected chi connectivity index (χ3v) is 16.8. The van der Waals surface area contributed by atoms with Crippen molar-refractivity contribution in [2.75, 3.05) is 39.6 Å². The van der Waals surface area contributed by atoms with E-state index in [1.807, 2.05) is 0 Å². The molecule has 17 nitrogen and oxygen atoms in total. The Labute approximate surface area is 511 Å². The van der Waals surface area contributed by atoms with Crippen LogP contribution in [0.4, 0.5) is 0 Å². The number of rotatable bonds is 63. The van der Waals surface area contributed by atoms with Crippen LogP contribution in [0.5, 0.6) is 0 Å². The first-order valence-corrected chi connectivity index (χ1v) is 36.8. The SMILES string of the molecule is CCCCCCCC(=O)OC[C@H](COP(=O)(O)OC[C@H](O)COP(=O)(O)OC[C@@H](COC(=O)CCCCCCCCCCCCC(C)C)OC(=O)CCCCCCCCCCCCCC(C)C)OC(=O)CCCCCCCCCCCC(C)C. The number of aliphatic hydroxyl groups is 1. The van der Waals surface area contributed by atoms with E-state index in [0.29, 0.717) is 25.7 Å². The number of hydrogen-bond acceptors (Lipinski definition) is 15. The molecule has 84 heavy (non-hydrogen) atoms. The lowest BCUT2D eigenvalue weighted by Crippen LogP contribution is -2.30. The summed E-state index contributed by atoms with van der Waals surface area (Å²) in [5, 5.41) is 10.5. The first kappa shape index (κ1) is 82.1. The van der Waals surface area contributed by atoms with E-state index in [4.69, 9.17) is 37.0 Å². The molecule has 0 amide bonds. The zero-order chi connectivity index (χ0) is 62.4. The Bertz CT molecular complexity index is 1660. The number of phosphoric ester groups is 2. The van der Waals surface area contributed by atoms with E-state index in [2.05, 4.69) is 48.5 Å². The lowest BCUT2D eigenvalue weighted by molar-refractivity contribution is -0.161. The maximum absolute atomic E-state index is 13.0. The smallest absolute Gasteiger partial charge is 0.462 e. The summed E-state index contributed by atoms with van der Waals surface area (Å²) < 4.78 is 67.9. The molecule has 0 fully saturated rings. The van der Waals surface area contributed by atoms with E-state index in [-0.39, 0.29) is 25.7 Å². The lowest BCUT2D eigenvalue weighted by Gasteiger charge is -2.21. The third kappa shape index (κ3) is 59.0. The van der Waals surface area contributed by atoms with Gasteiger partial charge < -0.3 is 33.8 Å². The molecule has 0 aliphatic heterocycles. The van der Waals surface area contributed by atoms with E-state index in [1.54, 1.807) is 0 Å². The van der Waals surface area contributed by atoms with Gasteiger partial charge in [-0.2, -0.15) is 0 Å². The number of ether oxygens (including phenoxy) is 4. The summed E-state index contributed by atoms with van der Waals surface area (Å²) in [6.45, 7) is 11.7. The van der Waals surface area contributed by atoms with E-state index < -0.39 is 97.5 Å². The van der Waals surface area contributed by atoms with Crippen LogP contribution in [-0.2, 0) is 65.4 Å². The van der Waals surface area contributed by atoms with Gasteiger partial charge in [0.05, 0.1) is 26.4 Å². The molecule has 2 unspecified atom stereocenters. The average Bonchev–Trinajstić information content (AvgIpc) is 3.50. The molecule has 0 saturated carbocycles. The number of hydrogen-bond donors (Lipinski definition) is 3. The highest BCUT2D eigenvalue weighted by atomic mass is 31.2. The van der Waals surface area contributed by atoms with E-state index in [0.717, 1.165) is 114 Å². The Kier molecular flexibility index (Phi) is 55.0. The summed E-state index contributed by atoms with van der Waals surface area (Å²) >= 11 is 0. The minimum absolute atomic E-state index is 0.104. The van der Waals surface area contributed by atoms with Crippen LogP contribution in [0.2, 0.25) is 0 Å². The molecular weight excluding hydrogens is 1110 g/mol. The van der Waals surface area contributed by atoms with Crippen LogP contribution < -0.4 is 0 Å². The highest BCUT2D eigenvalue weighted by Crippen LogP contribution is 2.45. The first-order chi connectivity index (χ1) is 40.2. The van der Waals surface area contributed by atoms with Crippen LogP contribution in [0.3, 0.4) is 0 Å². The van der Waals surface area contributed by atoms with Gasteiger partial charge in [0.25, 0.3) is 0 Å². The highest BCUT2D eigenvalue weighted by molar-refractivity contribution is 7.47. The van der Waals surface area contributed by atoms with Crippen molar-refractivity contribution in [3.05, 3.63) is 0 Å². The van der Waals surface area contributed by atoms with Gasteiger partial charge in [0.2, 0.25) is 0 Å². The number of carbonyl (C=O) groups excluding carboxylic acids is 4. The number of esters is 4. The van der Waals surface area contributed by atoms with Gasteiger partial charge in [-0.25, -0.2) is 9.13 Å². The molecule has 0 aliphatic rings. The predicted molar refractivity (Wildman–Crippen MR) is 335 cm³/mol. The topological polar surface area (TPSA) is 237 Å². The van der Waals surface area contributed by atoms with E-state index in [1.165, 1.54) is 122 Å². The number of aliphatic hydroxyl groups excluding tert-OH is 1. The number of unbranched alkanes of at least 4 members (excludes halogenated alkanes) is 31. The molecule has 0 rings (SSSR count). The number of phosphoric acid groups is 2. The molecule has 19 heteroatoms. The Morgan fingerprint density at radius 2 is 0.548 bits per heavy atom. The van der Waals surface area contributed by atoms with Gasteiger partial charge in [0, 0.05) is 25.7 Å². The fraction of sp³-hybridized carbons (Fsp3) is 0.938. The summed E-state index contributed by atoms with van der Waals surface area (Å²) in [5.74, 6) is 0.116. The summed E-state index contributed by atoms with van der Waals surface area (Å²) in [5.41, 5.74) is 0. The minimum atomic E-state index is -4.95. The first-order valence-electron chi connectivity index (χ1n) is 33.8. The second-order valence-corrected chi connectivity index (χ2v) is 27.8. The molecular formula is C65H126O17P2. The summed E-state index contributed by atoms with van der Waals surface area (Å²) in [6, 6.07) is 0. The van der Waals surface area contributed by atoms with Crippen molar-refractivity contribution < 1.29 is 80.2 Å². The minimum Gasteiger partial charge on any atom is -0.462 e. The van der Waals surface area contributed by atoms with Crippen molar-refractivity contribution in [2.45, 2.75) is 336 Å². The maximum atomic E-state index is 13.0.